The Hall–Kier alpha value is -7.88. The Kier molecular flexibility index (Phi) is 8.31. The monoisotopic (exact) mass is 777 g/mol. The van der Waals surface area contributed by atoms with Gasteiger partial charge in [0.2, 0.25) is 0 Å². The third-order valence-electron chi connectivity index (χ3n) is 12.5. The van der Waals surface area contributed by atoms with Gasteiger partial charge in [0.1, 0.15) is 0 Å². The summed E-state index contributed by atoms with van der Waals surface area (Å²) in [4.78, 5) is 10.4. The van der Waals surface area contributed by atoms with Gasteiger partial charge in [-0.3, -0.25) is 4.98 Å². The van der Waals surface area contributed by atoms with Crippen molar-refractivity contribution in [3.8, 4) is 61.5 Å². The highest BCUT2D eigenvalue weighted by atomic mass is 15.0. The van der Waals surface area contributed by atoms with Gasteiger partial charge in [-0.1, -0.05) is 158 Å². The van der Waals surface area contributed by atoms with Crippen molar-refractivity contribution in [2.45, 2.75) is 12.8 Å². The summed E-state index contributed by atoms with van der Waals surface area (Å²) >= 11 is 0. The molecule has 0 aliphatic heterocycles. The molecule has 0 atom stereocenters. The summed E-state index contributed by atoms with van der Waals surface area (Å²) < 4.78 is 2.39. The molecule has 0 radical (unpaired) electrons. The van der Waals surface area contributed by atoms with Gasteiger partial charge in [0.15, 0.2) is 0 Å². The van der Waals surface area contributed by atoms with Crippen LogP contribution in [0.1, 0.15) is 17.5 Å². The van der Waals surface area contributed by atoms with E-state index in [1.165, 1.54) is 71.7 Å². The maximum atomic E-state index is 5.32. The number of hydrogen-bond acceptors (Lipinski definition) is 2. The molecule has 2 heterocycles. The number of rotatable bonds is 6. The zero-order valence-electron chi connectivity index (χ0n) is 33.5. The van der Waals surface area contributed by atoms with Gasteiger partial charge in [0.25, 0.3) is 0 Å². The number of benzene rings is 9. The molecule has 0 fully saturated rings. The van der Waals surface area contributed by atoms with Crippen LogP contribution < -0.4 is 0 Å². The zero-order chi connectivity index (χ0) is 40.3. The summed E-state index contributed by atoms with van der Waals surface area (Å²) in [5.41, 5.74) is 19.6. The Morgan fingerprint density at radius 3 is 1.66 bits per heavy atom. The van der Waals surface area contributed by atoms with Gasteiger partial charge in [-0.15, -0.1) is 0 Å². The van der Waals surface area contributed by atoms with Crippen LogP contribution in [-0.2, 0) is 6.42 Å². The minimum Gasteiger partial charge on any atom is -0.309 e. The molecule has 0 N–H and O–H groups in total. The highest BCUT2D eigenvalue weighted by Crippen LogP contribution is 2.39. The summed E-state index contributed by atoms with van der Waals surface area (Å²) in [6.07, 6.45) is 8.48. The van der Waals surface area contributed by atoms with E-state index in [1.54, 1.807) is 0 Å². The molecule has 0 bridgehead atoms. The van der Waals surface area contributed by atoms with Gasteiger partial charge in [-0.2, -0.15) is 0 Å². The summed E-state index contributed by atoms with van der Waals surface area (Å²) in [7, 11) is 0. The standard InChI is InChI=1S/C58H39N3/c1-2-13-38(14-3-1)39-27-30-47(31-28-39)61-55-26-9-8-23-50(55)53-36-45(29-32-56(53)61)43-18-11-16-41(34-43)40-15-10-17-42(33-40)44-19-12-20-46(35-44)54-37-59-57-51-24-6-4-21-48(51)49-22-5-7-25-52(49)58(57)60-54/h1-6,8-24,26-37H,7,25H2. The molecule has 1 aliphatic carbocycles. The number of fused-ring (bicyclic) bond motifs is 9. The van der Waals surface area contributed by atoms with Crippen LogP contribution in [0.15, 0.2) is 206 Å². The van der Waals surface area contributed by atoms with E-state index in [4.69, 9.17) is 9.97 Å². The van der Waals surface area contributed by atoms with Crippen LogP contribution >= 0.6 is 0 Å². The number of para-hydroxylation sites is 1. The average molecular weight is 778 g/mol. The largest absolute Gasteiger partial charge is 0.309 e. The molecule has 61 heavy (non-hydrogen) atoms. The van der Waals surface area contributed by atoms with Crippen molar-refractivity contribution in [2.24, 2.45) is 0 Å². The van der Waals surface area contributed by atoms with E-state index in [9.17, 15) is 0 Å². The van der Waals surface area contributed by atoms with Gasteiger partial charge in [0.05, 0.1) is 34.0 Å². The van der Waals surface area contributed by atoms with Crippen molar-refractivity contribution >= 4 is 49.7 Å². The fourth-order valence-electron chi connectivity index (χ4n) is 9.50. The molecule has 3 nitrogen and oxygen atoms in total. The van der Waals surface area contributed by atoms with Crippen molar-refractivity contribution in [1.82, 2.24) is 14.5 Å². The van der Waals surface area contributed by atoms with Gasteiger partial charge >= 0.3 is 0 Å². The van der Waals surface area contributed by atoms with E-state index < -0.39 is 0 Å². The fraction of sp³-hybridized carbons (Fsp3) is 0.0345. The first kappa shape index (κ1) is 35.1. The molecular weight excluding hydrogens is 739 g/mol. The Labute approximate surface area is 354 Å². The molecule has 0 spiro atoms. The minimum atomic E-state index is 0.895. The van der Waals surface area contributed by atoms with E-state index in [2.05, 4.69) is 211 Å². The third-order valence-corrected chi connectivity index (χ3v) is 12.5. The molecular formula is C58H39N3. The molecule has 11 aromatic rings. The first-order chi connectivity index (χ1) is 30.2. The lowest BCUT2D eigenvalue weighted by Gasteiger charge is -2.17. The van der Waals surface area contributed by atoms with Crippen LogP contribution in [0.2, 0.25) is 0 Å². The molecule has 0 saturated heterocycles. The van der Waals surface area contributed by atoms with E-state index >= 15 is 0 Å². The quantitative estimate of drug-likeness (QED) is 0.157. The van der Waals surface area contributed by atoms with Crippen molar-refractivity contribution in [3.05, 3.63) is 218 Å². The second-order valence-electron chi connectivity index (χ2n) is 16.1. The molecule has 3 heteroatoms. The Balaban J connectivity index is 0.877. The van der Waals surface area contributed by atoms with Gasteiger partial charge < -0.3 is 4.57 Å². The zero-order valence-corrected chi connectivity index (χ0v) is 33.5. The molecule has 2 aromatic heterocycles. The van der Waals surface area contributed by atoms with E-state index in [0.717, 1.165) is 57.3 Å². The van der Waals surface area contributed by atoms with Gasteiger partial charge in [-0.05, 0) is 122 Å². The molecule has 286 valence electrons. The maximum Gasteiger partial charge on any atom is 0.0968 e. The molecule has 9 aromatic carbocycles. The topological polar surface area (TPSA) is 30.7 Å². The molecule has 0 saturated carbocycles. The summed E-state index contributed by atoms with van der Waals surface area (Å²) in [5, 5.41) is 4.90. The summed E-state index contributed by atoms with van der Waals surface area (Å²) in [5.74, 6) is 0. The number of nitrogens with zero attached hydrogens (tertiary/aromatic N) is 3. The van der Waals surface area contributed by atoms with Crippen LogP contribution in [-0.4, -0.2) is 14.5 Å². The van der Waals surface area contributed by atoms with Gasteiger partial charge in [-0.25, -0.2) is 4.98 Å². The Bertz CT molecular complexity index is 3520. The number of allylic oxidation sites excluding steroid dienone is 1. The lowest BCUT2D eigenvalue weighted by atomic mass is 9.90. The number of hydrogen-bond donors (Lipinski definition) is 0. The normalized spacial score (nSPS) is 12.4. The van der Waals surface area contributed by atoms with Crippen LogP contribution in [0, 0.1) is 0 Å². The lowest BCUT2D eigenvalue weighted by Crippen LogP contribution is -2.01. The van der Waals surface area contributed by atoms with Gasteiger partial charge in [0, 0.05) is 27.4 Å². The predicted octanol–water partition coefficient (Wildman–Crippen LogP) is 15.2. The molecule has 0 unspecified atom stereocenters. The molecule has 12 rings (SSSR count). The Morgan fingerprint density at radius 2 is 0.934 bits per heavy atom. The Morgan fingerprint density at radius 1 is 0.393 bits per heavy atom. The van der Waals surface area contributed by atoms with E-state index in [0.29, 0.717) is 0 Å². The maximum absolute atomic E-state index is 5.32. The average Bonchev–Trinajstić information content (AvgIpc) is 3.68. The van der Waals surface area contributed by atoms with Crippen LogP contribution in [0.4, 0.5) is 0 Å². The first-order valence-corrected chi connectivity index (χ1v) is 21.1. The highest BCUT2D eigenvalue weighted by molar-refractivity contribution is 6.11. The van der Waals surface area contributed by atoms with Crippen molar-refractivity contribution < 1.29 is 0 Å². The van der Waals surface area contributed by atoms with Crippen LogP contribution in [0.25, 0.3) is 111 Å². The molecule has 1 aliphatic rings. The van der Waals surface area contributed by atoms with E-state index in [-0.39, 0.29) is 0 Å². The smallest absolute Gasteiger partial charge is 0.0968 e. The van der Waals surface area contributed by atoms with Crippen LogP contribution in [0.5, 0.6) is 0 Å². The third kappa shape index (κ3) is 6.05. The second kappa shape index (κ2) is 14.4. The molecule has 0 amide bonds. The van der Waals surface area contributed by atoms with Crippen molar-refractivity contribution in [2.75, 3.05) is 0 Å². The predicted molar refractivity (Wildman–Crippen MR) is 256 cm³/mol. The second-order valence-corrected chi connectivity index (χ2v) is 16.1. The minimum absolute atomic E-state index is 0.895. The first-order valence-electron chi connectivity index (χ1n) is 21.1. The number of aryl methyl sites for hydroxylation is 1. The summed E-state index contributed by atoms with van der Waals surface area (Å²) in [6.45, 7) is 0. The summed E-state index contributed by atoms with van der Waals surface area (Å²) in [6, 6.07) is 70.3. The van der Waals surface area contributed by atoms with Crippen LogP contribution in [0.3, 0.4) is 0 Å². The lowest BCUT2D eigenvalue weighted by molar-refractivity contribution is 0.994. The van der Waals surface area contributed by atoms with Crippen molar-refractivity contribution in [1.29, 1.82) is 0 Å². The van der Waals surface area contributed by atoms with Crippen molar-refractivity contribution in [3.63, 3.8) is 0 Å². The van der Waals surface area contributed by atoms with E-state index in [1.807, 2.05) is 6.20 Å². The number of aromatic nitrogens is 3. The highest BCUT2D eigenvalue weighted by Gasteiger charge is 2.18. The fourth-order valence-corrected chi connectivity index (χ4v) is 9.50. The SMILES string of the molecule is C1=Cc2c(c3nc(-c4cccc(-c5cccc(-c6cccc(-c7ccc8c(c7)c7ccccc7n8-c7ccc(-c8ccccc8)cc7)c6)c5)c4)cnc3c3ccccc23)CC1.